The van der Waals surface area contributed by atoms with Crippen LogP contribution in [-0.2, 0) is 6.73 Å². The van der Waals surface area contributed by atoms with Gasteiger partial charge in [-0.05, 0) is 30.3 Å². The summed E-state index contributed by atoms with van der Waals surface area (Å²) in [6, 6.07) is 14.8. The van der Waals surface area contributed by atoms with Crippen LogP contribution in [0.1, 0.15) is 10.5 Å². The van der Waals surface area contributed by atoms with Gasteiger partial charge in [-0.3, -0.25) is 14.9 Å². The van der Waals surface area contributed by atoms with E-state index in [1.807, 2.05) is 0 Å². The third kappa shape index (κ3) is 5.73. The Bertz CT molecular complexity index is 1430. The lowest BCUT2D eigenvalue weighted by atomic mass is 10.2. The zero-order valence-corrected chi connectivity index (χ0v) is 18.7. The van der Waals surface area contributed by atoms with Crippen molar-refractivity contribution in [3.8, 4) is 23.0 Å². The van der Waals surface area contributed by atoms with Crippen molar-refractivity contribution in [3.63, 3.8) is 0 Å². The summed E-state index contributed by atoms with van der Waals surface area (Å²) in [5.41, 5.74) is -0.242. The van der Waals surface area contributed by atoms with Gasteiger partial charge in [0.25, 0.3) is 11.6 Å². The van der Waals surface area contributed by atoms with Crippen molar-refractivity contribution in [2.24, 2.45) is 0 Å². The van der Waals surface area contributed by atoms with Gasteiger partial charge in [-0.2, -0.15) is 5.10 Å². The van der Waals surface area contributed by atoms with Crippen LogP contribution in [0.5, 0.6) is 23.0 Å². The summed E-state index contributed by atoms with van der Waals surface area (Å²) in [5, 5.41) is 18.0. The Morgan fingerprint density at radius 1 is 1.06 bits per heavy atom. The van der Waals surface area contributed by atoms with Crippen molar-refractivity contribution in [3.05, 3.63) is 100 Å². The van der Waals surface area contributed by atoms with Crippen molar-refractivity contribution in [2.75, 3.05) is 12.4 Å². The van der Waals surface area contributed by atoms with Gasteiger partial charge in [0, 0.05) is 24.4 Å². The van der Waals surface area contributed by atoms with Gasteiger partial charge in [0.1, 0.15) is 11.6 Å². The van der Waals surface area contributed by atoms with E-state index in [0.29, 0.717) is 17.6 Å². The first-order valence-electron chi connectivity index (χ1n) is 10.4. The van der Waals surface area contributed by atoms with E-state index >= 15 is 0 Å². The molecule has 0 aliphatic carbocycles. The number of halogens is 2. The molecule has 10 nitrogen and oxygen atoms in total. The number of ether oxygens (including phenoxy) is 3. The molecule has 0 saturated heterocycles. The largest absolute Gasteiger partial charge is 0.493 e. The molecule has 0 atom stereocenters. The molecule has 12 heteroatoms. The van der Waals surface area contributed by atoms with Crippen LogP contribution >= 0.6 is 0 Å². The lowest BCUT2D eigenvalue weighted by molar-refractivity contribution is -0.384. The topological polar surface area (TPSA) is 118 Å². The number of methoxy groups -OCH3 is 1. The number of benzene rings is 3. The summed E-state index contributed by atoms with van der Waals surface area (Å²) in [5.74, 6) is -1.61. The van der Waals surface area contributed by atoms with Crippen molar-refractivity contribution in [1.29, 1.82) is 0 Å². The number of nitrogens with one attached hydrogen (secondary N) is 1. The maximum Gasteiger partial charge on any atom is 0.276 e. The molecule has 36 heavy (non-hydrogen) atoms. The quantitative estimate of drug-likeness (QED) is 0.251. The number of anilines is 1. The lowest BCUT2D eigenvalue weighted by Crippen LogP contribution is -2.14. The Morgan fingerprint density at radius 3 is 2.56 bits per heavy atom. The number of hydrogen-bond donors (Lipinski definition) is 1. The predicted molar refractivity (Wildman–Crippen MR) is 123 cm³/mol. The molecule has 1 N–H and O–H groups in total. The molecule has 0 unspecified atom stereocenters. The van der Waals surface area contributed by atoms with Crippen LogP contribution in [0.2, 0.25) is 0 Å². The van der Waals surface area contributed by atoms with Crippen LogP contribution < -0.4 is 19.5 Å². The van der Waals surface area contributed by atoms with Gasteiger partial charge in [0.05, 0.1) is 23.8 Å². The van der Waals surface area contributed by atoms with E-state index in [2.05, 4.69) is 10.4 Å². The number of nitro benzene ring substituents is 1. The van der Waals surface area contributed by atoms with Gasteiger partial charge < -0.3 is 19.5 Å². The second-order valence-corrected chi connectivity index (χ2v) is 7.27. The Labute approximate surface area is 202 Å². The van der Waals surface area contributed by atoms with Crippen LogP contribution in [0.25, 0.3) is 0 Å². The van der Waals surface area contributed by atoms with Crippen LogP contribution in [-0.4, -0.2) is 27.7 Å². The minimum Gasteiger partial charge on any atom is -0.493 e. The maximum atomic E-state index is 13.7. The predicted octanol–water partition coefficient (Wildman–Crippen LogP) is 5.16. The highest BCUT2D eigenvalue weighted by atomic mass is 19.1. The van der Waals surface area contributed by atoms with Gasteiger partial charge in [0.15, 0.2) is 35.5 Å². The van der Waals surface area contributed by atoms with E-state index in [-0.39, 0.29) is 35.3 Å². The third-order valence-corrected chi connectivity index (χ3v) is 4.78. The normalized spacial score (nSPS) is 10.5. The fraction of sp³-hybridized carbons (Fsp3) is 0.0833. The standard InChI is InChI=1S/C24H18F2N4O6/c1-34-22-4-2-3-5-23(22)36-18-12-16(11-17(13-18)30(32)33)27-24(31)20-8-9-29(28-20)14-35-21-7-6-15(25)10-19(21)26/h2-13H,14H2,1H3,(H,27,31). The number of para-hydroxylation sites is 2. The molecule has 4 aromatic rings. The molecule has 0 radical (unpaired) electrons. The van der Waals surface area contributed by atoms with Crippen LogP contribution in [0.3, 0.4) is 0 Å². The van der Waals surface area contributed by atoms with E-state index in [9.17, 15) is 23.7 Å². The lowest BCUT2D eigenvalue weighted by Gasteiger charge is -2.11. The van der Waals surface area contributed by atoms with Crippen molar-refractivity contribution >= 4 is 17.3 Å². The minimum absolute atomic E-state index is 0.0307. The number of carbonyl (C=O) groups excluding carboxylic acids is 1. The van der Waals surface area contributed by atoms with Gasteiger partial charge in [0.2, 0.25) is 0 Å². The smallest absolute Gasteiger partial charge is 0.276 e. The molecular formula is C24H18F2N4O6. The summed E-state index contributed by atoms with van der Waals surface area (Å²) in [4.78, 5) is 23.5. The SMILES string of the molecule is COc1ccccc1Oc1cc(NC(=O)c2ccn(COc3ccc(F)cc3F)n2)cc([N+](=O)[O-])c1. The van der Waals surface area contributed by atoms with Crippen LogP contribution in [0.4, 0.5) is 20.2 Å². The van der Waals surface area contributed by atoms with E-state index < -0.39 is 22.5 Å². The number of nitro groups is 1. The molecule has 0 spiro atoms. The second-order valence-electron chi connectivity index (χ2n) is 7.27. The number of non-ortho nitro benzene ring substituents is 1. The Balaban J connectivity index is 1.48. The van der Waals surface area contributed by atoms with Crippen molar-refractivity contribution < 1.29 is 32.7 Å². The average molecular weight is 496 g/mol. The molecule has 3 aromatic carbocycles. The fourth-order valence-electron chi connectivity index (χ4n) is 3.13. The van der Waals surface area contributed by atoms with Crippen LogP contribution in [0, 0.1) is 21.7 Å². The Morgan fingerprint density at radius 2 is 1.83 bits per heavy atom. The third-order valence-electron chi connectivity index (χ3n) is 4.78. The van der Waals surface area contributed by atoms with Gasteiger partial charge in [-0.1, -0.05) is 12.1 Å². The molecule has 0 aliphatic heterocycles. The number of aromatic nitrogens is 2. The maximum absolute atomic E-state index is 13.7. The summed E-state index contributed by atoms with van der Waals surface area (Å²) in [7, 11) is 1.46. The molecular weight excluding hydrogens is 478 g/mol. The summed E-state index contributed by atoms with van der Waals surface area (Å²) in [6.07, 6.45) is 1.42. The van der Waals surface area contributed by atoms with Crippen LogP contribution in [0.15, 0.2) is 72.9 Å². The molecule has 4 rings (SSSR count). The van der Waals surface area contributed by atoms with Gasteiger partial charge in [-0.25, -0.2) is 13.5 Å². The molecule has 0 aliphatic rings. The molecule has 184 valence electrons. The average Bonchev–Trinajstić information content (AvgIpc) is 3.33. The zero-order chi connectivity index (χ0) is 25.7. The highest BCUT2D eigenvalue weighted by molar-refractivity contribution is 6.03. The summed E-state index contributed by atoms with van der Waals surface area (Å²) >= 11 is 0. The Hall–Kier alpha value is -5.00. The Kier molecular flexibility index (Phi) is 7.04. The molecule has 0 bridgehead atoms. The monoisotopic (exact) mass is 496 g/mol. The second kappa shape index (κ2) is 10.5. The first-order chi connectivity index (χ1) is 17.3. The molecule has 1 aromatic heterocycles. The highest BCUT2D eigenvalue weighted by Crippen LogP contribution is 2.34. The molecule has 0 fully saturated rings. The first-order valence-corrected chi connectivity index (χ1v) is 10.4. The fourth-order valence-corrected chi connectivity index (χ4v) is 3.13. The zero-order valence-electron chi connectivity index (χ0n) is 18.7. The number of carbonyl (C=O) groups is 1. The van der Waals surface area contributed by atoms with E-state index in [1.54, 1.807) is 24.3 Å². The summed E-state index contributed by atoms with van der Waals surface area (Å²) < 4.78 is 44.2. The van der Waals surface area contributed by atoms with Gasteiger partial charge >= 0.3 is 0 Å². The van der Waals surface area contributed by atoms with E-state index in [0.717, 1.165) is 12.1 Å². The number of rotatable bonds is 9. The first kappa shape index (κ1) is 24.1. The number of amides is 1. The highest BCUT2D eigenvalue weighted by Gasteiger charge is 2.16. The van der Waals surface area contributed by atoms with Gasteiger partial charge in [-0.15, -0.1) is 0 Å². The number of hydrogen-bond acceptors (Lipinski definition) is 7. The van der Waals surface area contributed by atoms with E-state index in [4.69, 9.17) is 14.2 Å². The van der Waals surface area contributed by atoms with Crippen molar-refractivity contribution in [2.45, 2.75) is 6.73 Å². The minimum atomic E-state index is -0.878. The molecule has 1 amide bonds. The number of nitrogens with zero attached hydrogens (tertiary/aromatic N) is 3. The molecule has 0 saturated carbocycles. The van der Waals surface area contributed by atoms with Crippen molar-refractivity contribution in [1.82, 2.24) is 9.78 Å². The summed E-state index contributed by atoms with van der Waals surface area (Å²) in [6.45, 7) is -0.246. The molecule has 1 heterocycles. The van der Waals surface area contributed by atoms with E-state index in [1.165, 1.54) is 42.3 Å².